The van der Waals surface area contributed by atoms with Crippen LogP contribution in [0.15, 0.2) is 48.5 Å². The highest BCUT2D eigenvalue weighted by Gasteiger charge is 2.19. The Morgan fingerprint density at radius 2 is 1.69 bits per heavy atom. The van der Waals surface area contributed by atoms with Crippen LogP contribution in [0.4, 0.5) is 11.4 Å². The van der Waals surface area contributed by atoms with Crippen LogP contribution in [-0.4, -0.2) is 43.5 Å². The number of ether oxygens (including phenoxy) is 1. The third kappa shape index (κ3) is 4.58. The molecule has 0 N–H and O–H groups in total. The summed E-state index contributed by atoms with van der Waals surface area (Å²) in [5.74, 6) is 0.694. The van der Waals surface area contributed by atoms with E-state index < -0.39 is 4.92 Å². The van der Waals surface area contributed by atoms with Crippen LogP contribution in [0.2, 0.25) is 0 Å². The molecule has 0 aliphatic rings. The molecule has 0 saturated heterocycles. The van der Waals surface area contributed by atoms with Gasteiger partial charge in [0.15, 0.2) is 0 Å². The van der Waals surface area contributed by atoms with E-state index in [9.17, 15) is 14.9 Å². The molecule has 0 aliphatic heterocycles. The third-order valence-electron chi connectivity index (χ3n) is 4.47. The maximum Gasteiger partial charge on any atom is 0.269 e. The summed E-state index contributed by atoms with van der Waals surface area (Å²) in [5, 5.41) is 10.7. The molecule has 1 atom stereocenters. The van der Waals surface area contributed by atoms with E-state index in [1.165, 1.54) is 17.0 Å². The van der Waals surface area contributed by atoms with E-state index in [4.69, 9.17) is 4.74 Å². The number of anilines is 1. The first-order valence-corrected chi connectivity index (χ1v) is 8.18. The lowest BCUT2D eigenvalue weighted by atomic mass is 10.1. The number of nitrogens with zero attached hydrogens (tertiary/aromatic N) is 3. The van der Waals surface area contributed by atoms with E-state index >= 15 is 0 Å². The van der Waals surface area contributed by atoms with Crippen LogP contribution in [0.3, 0.4) is 0 Å². The molecule has 26 heavy (non-hydrogen) atoms. The molecule has 138 valence electrons. The molecule has 2 rings (SSSR count). The SMILES string of the molecule is COc1ccc(C(C)N(C)CC(=O)N(C)c2ccc([N+](=O)[O-])cc2)cc1. The first kappa shape index (κ1) is 19.4. The van der Waals surface area contributed by atoms with Crippen LogP contribution in [0.25, 0.3) is 0 Å². The molecule has 7 heteroatoms. The number of nitro groups is 1. The third-order valence-corrected chi connectivity index (χ3v) is 4.47. The zero-order valence-electron chi connectivity index (χ0n) is 15.4. The summed E-state index contributed by atoms with van der Waals surface area (Å²) >= 11 is 0. The van der Waals surface area contributed by atoms with Crippen molar-refractivity contribution in [3.8, 4) is 5.75 Å². The highest BCUT2D eigenvalue weighted by Crippen LogP contribution is 2.22. The molecule has 0 fully saturated rings. The molecule has 1 unspecified atom stereocenters. The van der Waals surface area contributed by atoms with Gasteiger partial charge in [0, 0.05) is 30.9 Å². The Morgan fingerprint density at radius 1 is 1.12 bits per heavy atom. The summed E-state index contributed by atoms with van der Waals surface area (Å²) in [6.45, 7) is 2.25. The lowest BCUT2D eigenvalue weighted by molar-refractivity contribution is -0.384. The zero-order chi connectivity index (χ0) is 19.3. The van der Waals surface area contributed by atoms with Gasteiger partial charge in [0.05, 0.1) is 18.6 Å². The molecule has 0 heterocycles. The fourth-order valence-electron chi connectivity index (χ4n) is 2.54. The predicted molar refractivity (Wildman–Crippen MR) is 101 cm³/mol. The van der Waals surface area contributed by atoms with Gasteiger partial charge in [-0.25, -0.2) is 0 Å². The van der Waals surface area contributed by atoms with Crippen molar-refractivity contribution in [3.05, 3.63) is 64.2 Å². The molecule has 0 spiro atoms. The summed E-state index contributed by atoms with van der Waals surface area (Å²) < 4.78 is 5.16. The molecule has 0 radical (unpaired) electrons. The number of hydrogen-bond donors (Lipinski definition) is 0. The van der Waals surface area contributed by atoms with Crippen molar-refractivity contribution in [1.29, 1.82) is 0 Å². The normalized spacial score (nSPS) is 11.9. The zero-order valence-corrected chi connectivity index (χ0v) is 15.4. The van der Waals surface area contributed by atoms with E-state index in [1.54, 1.807) is 26.3 Å². The van der Waals surface area contributed by atoms with Gasteiger partial charge in [0.1, 0.15) is 5.75 Å². The highest BCUT2D eigenvalue weighted by atomic mass is 16.6. The van der Waals surface area contributed by atoms with Gasteiger partial charge in [-0.3, -0.25) is 19.8 Å². The average Bonchev–Trinajstić information content (AvgIpc) is 2.66. The van der Waals surface area contributed by atoms with Gasteiger partial charge in [-0.1, -0.05) is 12.1 Å². The van der Waals surface area contributed by atoms with Gasteiger partial charge in [0.25, 0.3) is 5.69 Å². The van der Waals surface area contributed by atoms with Gasteiger partial charge in [-0.15, -0.1) is 0 Å². The number of nitro benzene ring substituents is 1. The maximum absolute atomic E-state index is 12.5. The number of carbonyl (C=O) groups is 1. The lowest BCUT2D eigenvalue weighted by Crippen LogP contribution is -2.37. The van der Waals surface area contributed by atoms with Crippen molar-refractivity contribution in [2.45, 2.75) is 13.0 Å². The van der Waals surface area contributed by atoms with Gasteiger partial charge in [0.2, 0.25) is 5.91 Å². The Bertz CT molecular complexity index is 759. The molecule has 0 aromatic heterocycles. The predicted octanol–water partition coefficient (Wildman–Crippen LogP) is 3.26. The van der Waals surface area contributed by atoms with Crippen LogP contribution >= 0.6 is 0 Å². The van der Waals surface area contributed by atoms with E-state index in [-0.39, 0.29) is 24.2 Å². The fourth-order valence-corrected chi connectivity index (χ4v) is 2.54. The molecule has 1 amide bonds. The average molecular weight is 357 g/mol. The number of rotatable bonds is 7. The minimum absolute atomic E-state index is 0.000144. The van der Waals surface area contributed by atoms with Crippen molar-refractivity contribution in [2.24, 2.45) is 0 Å². The highest BCUT2D eigenvalue weighted by molar-refractivity contribution is 5.94. The van der Waals surface area contributed by atoms with E-state index in [0.717, 1.165) is 11.3 Å². The van der Waals surface area contributed by atoms with Gasteiger partial charge in [-0.2, -0.15) is 0 Å². The summed E-state index contributed by atoms with van der Waals surface area (Å²) in [6.07, 6.45) is 0. The van der Waals surface area contributed by atoms with E-state index in [2.05, 4.69) is 0 Å². The van der Waals surface area contributed by atoms with Crippen molar-refractivity contribution >= 4 is 17.3 Å². The standard InChI is InChI=1S/C19H23N3O4/c1-14(15-5-11-18(26-4)12-6-15)20(2)13-19(23)21(3)16-7-9-17(10-8-16)22(24)25/h5-12,14H,13H2,1-4H3. The summed E-state index contributed by atoms with van der Waals surface area (Å²) in [6, 6.07) is 13.7. The number of likely N-dealkylation sites (N-methyl/N-ethyl adjacent to an activating group) is 2. The molecular weight excluding hydrogens is 334 g/mol. The van der Waals surface area contributed by atoms with E-state index in [0.29, 0.717) is 5.69 Å². The van der Waals surface area contributed by atoms with Gasteiger partial charge in [-0.05, 0) is 43.8 Å². The summed E-state index contributed by atoms with van der Waals surface area (Å²) in [7, 11) is 5.17. The molecular formula is C19H23N3O4. The first-order chi connectivity index (χ1) is 12.3. The lowest BCUT2D eigenvalue weighted by Gasteiger charge is -2.27. The Morgan fingerprint density at radius 3 is 2.19 bits per heavy atom. The Balaban J connectivity index is 2.01. The maximum atomic E-state index is 12.5. The van der Waals surface area contributed by atoms with Gasteiger partial charge < -0.3 is 9.64 Å². The molecule has 2 aromatic carbocycles. The number of hydrogen-bond acceptors (Lipinski definition) is 5. The summed E-state index contributed by atoms with van der Waals surface area (Å²) in [4.78, 5) is 26.3. The van der Waals surface area contributed by atoms with E-state index in [1.807, 2.05) is 43.1 Å². The number of benzene rings is 2. The second kappa shape index (κ2) is 8.44. The Labute approximate surface area is 152 Å². The number of methoxy groups -OCH3 is 1. The Kier molecular flexibility index (Phi) is 6.30. The van der Waals surface area contributed by atoms with Crippen molar-refractivity contribution in [2.75, 3.05) is 32.6 Å². The quantitative estimate of drug-likeness (QED) is 0.561. The number of amides is 1. The van der Waals surface area contributed by atoms with Gasteiger partial charge >= 0.3 is 0 Å². The molecule has 0 aliphatic carbocycles. The number of non-ortho nitro benzene ring substituents is 1. The molecule has 7 nitrogen and oxygen atoms in total. The molecule has 2 aromatic rings. The second-order valence-electron chi connectivity index (χ2n) is 6.09. The van der Waals surface area contributed by atoms with Crippen molar-refractivity contribution in [3.63, 3.8) is 0 Å². The van der Waals surface area contributed by atoms with Crippen molar-refractivity contribution < 1.29 is 14.5 Å². The topological polar surface area (TPSA) is 75.9 Å². The van der Waals surface area contributed by atoms with Crippen LogP contribution in [0.1, 0.15) is 18.5 Å². The fraction of sp³-hybridized carbons (Fsp3) is 0.316. The molecule has 0 saturated carbocycles. The van der Waals surface area contributed by atoms with Crippen LogP contribution in [0.5, 0.6) is 5.75 Å². The first-order valence-electron chi connectivity index (χ1n) is 8.18. The second-order valence-corrected chi connectivity index (χ2v) is 6.09. The van der Waals surface area contributed by atoms with Crippen molar-refractivity contribution in [1.82, 2.24) is 4.90 Å². The van der Waals surface area contributed by atoms with Crippen LogP contribution in [-0.2, 0) is 4.79 Å². The smallest absolute Gasteiger partial charge is 0.269 e. The Hall–Kier alpha value is -2.93. The summed E-state index contributed by atoms with van der Waals surface area (Å²) in [5.41, 5.74) is 1.70. The largest absolute Gasteiger partial charge is 0.497 e. The monoisotopic (exact) mass is 357 g/mol. The minimum Gasteiger partial charge on any atom is -0.497 e. The van der Waals surface area contributed by atoms with Crippen LogP contribution in [0, 0.1) is 10.1 Å². The van der Waals surface area contributed by atoms with Crippen LogP contribution < -0.4 is 9.64 Å². The molecule has 0 bridgehead atoms. The number of carbonyl (C=O) groups excluding carboxylic acids is 1. The minimum atomic E-state index is -0.462.